The number of sulfonamides is 1. The smallest absolute Gasteiger partial charge is 0.267 e. The maximum atomic E-state index is 15.6. The monoisotopic (exact) mass is 579 g/mol. The lowest BCUT2D eigenvalue weighted by atomic mass is 9.86. The minimum absolute atomic E-state index is 0.0516. The molecule has 0 bridgehead atoms. The van der Waals surface area contributed by atoms with Crippen LogP contribution in [0.3, 0.4) is 0 Å². The number of benzene rings is 2. The summed E-state index contributed by atoms with van der Waals surface area (Å²) in [5.74, 6) is -3.38. The van der Waals surface area contributed by atoms with Crippen LogP contribution in [0.25, 0.3) is 11.1 Å². The summed E-state index contributed by atoms with van der Waals surface area (Å²) in [7, 11) is -4.81. The molecule has 3 rings (SSSR count). The van der Waals surface area contributed by atoms with Crippen molar-refractivity contribution in [2.45, 2.75) is 61.7 Å². The van der Waals surface area contributed by atoms with E-state index in [0.717, 1.165) is 25.8 Å². The Labute approximate surface area is 233 Å². The van der Waals surface area contributed by atoms with E-state index in [1.165, 1.54) is 25.3 Å². The zero-order valence-corrected chi connectivity index (χ0v) is 23.4. The molecule has 2 aromatic carbocycles. The van der Waals surface area contributed by atoms with Gasteiger partial charge in [-0.25, -0.2) is 17.5 Å². The molecule has 9 nitrogen and oxygen atoms in total. The molecule has 4 N–H and O–H groups in total. The van der Waals surface area contributed by atoms with Crippen molar-refractivity contribution in [3.63, 3.8) is 0 Å². The van der Waals surface area contributed by atoms with Crippen molar-refractivity contribution in [1.82, 2.24) is 15.4 Å². The van der Waals surface area contributed by atoms with E-state index in [1.54, 1.807) is 35.1 Å². The molecule has 2 atom stereocenters. The van der Waals surface area contributed by atoms with Gasteiger partial charge in [0.05, 0.1) is 5.56 Å². The van der Waals surface area contributed by atoms with E-state index in [4.69, 9.17) is 0 Å². The highest BCUT2D eigenvalue weighted by Gasteiger charge is 2.31. The van der Waals surface area contributed by atoms with Gasteiger partial charge in [-0.3, -0.25) is 14.4 Å². The summed E-state index contributed by atoms with van der Waals surface area (Å²) in [6.07, 6.45) is 4.02. The molecule has 3 amide bonds. The molecule has 12 heteroatoms. The van der Waals surface area contributed by atoms with Crippen LogP contribution in [0.2, 0.25) is 0 Å². The number of nitrogens with one attached hydrogen (secondary N) is 3. The van der Waals surface area contributed by atoms with Gasteiger partial charge >= 0.3 is 0 Å². The van der Waals surface area contributed by atoms with Gasteiger partial charge in [0.1, 0.15) is 11.0 Å². The van der Waals surface area contributed by atoms with Gasteiger partial charge in [-0.2, -0.15) is 12.6 Å². The van der Waals surface area contributed by atoms with E-state index in [2.05, 4.69) is 23.3 Å². The van der Waals surface area contributed by atoms with Crippen molar-refractivity contribution in [1.29, 1.82) is 0 Å². The fourth-order valence-electron chi connectivity index (χ4n) is 4.49. The molecule has 1 fully saturated rings. The molecule has 0 saturated heterocycles. The number of halogens is 1. The maximum Gasteiger partial charge on any atom is 0.267 e. The van der Waals surface area contributed by atoms with Gasteiger partial charge in [0.15, 0.2) is 5.82 Å². The van der Waals surface area contributed by atoms with Crippen LogP contribution in [0.15, 0.2) is 47.4 Å². The number of hydrogen-bond acceptors (Lipinski definition) is 7. The van der Waals surface area contributed by atoms with Crippen molar-refractivity contribution in [2.75, 3.05) is 13.1 Å². The summed E-state index contributed by atoms with van der Waals surface area (Å²) in [5, 5.41) is 14.7. The Morgan fingerprint density at radius 1 is 1.05 bits per heavy atom. The van der Waals surface area contributed by atoms with E-state index in [9.17, 15) is 27.9 Å². The van der Waals surface area contributed by atoms with Gasteiger partial charge in [-0.15, -0.1) is 0 Å². The summed E-state index contributed by atoms with van der Waals surface area (Å²) in [4.78, 5) is 36.0. The van der Waals surface area contributed by atoms with Gasteiger partial charge in [-0.1, -0.05) is 55.7 Å². The van der Waals surface area contributed by atoms with Crippen molar-refractivity contribution >= 4 is 40.4 Å². The quantitative estimate of drug-likeness (QED) is 0.259. The number of carbonyl (C=O) groups is 3. The molecular weight excluding hydrogens is 545 g/mol. The molecule has 0 heterocycles. The molecule has 212 valence electrons. The summed E-state index contributed by atoms with van der Waals surface area (Å²) in [6.45, 7) is 1.37. The number of thiol groups is 1. The summed E-state index contributed by atoms with van der Waals surface area (Å²) < 4.78 is 43.3. The van der Waals surface area contributed by atoms with Gasteiger partial charge in [-0.05, 0) is 37.3 Å². The number of rotatable bonds is 11. The molecule has 1 aliphatic rings. The van der Waals surface area contributed by atoms with Crippen molar-refractivity contribution in [3.8, 4) is 11.1 Å². The lowest BCUT2D eigenvalue weighted by Crippen LogP contribution is -2.38. The molecule has 0 unspecified atom stereocenters. The third kappa shape index (κ3) is 8.26. The Morgan fingerprint density at radius 2 is 1.72 bits per heavy atom. The third-order valence-corrected chi connectivity index (χ3v) is 8.66. The standard InChI is InChI=1S/C27H34FN3O6S2/c1-17(32)26(34)31-39(36,37)25-20(18-8-4-2-5-9-18)12-13-21(24(25)28)27(35)29-15-14-23(33)30-16-22(38)19-10-6-3-7-11-19/h2,4-5,8-9,12-13,17,19,22,32,38H,3,6-7,10-11,14-16H2,1H3,(H,29,35)(H,30,33)(H,31,34)/t17-,22-/m0/s1. The zero-order valence-electron chi connectivity index (χ0n) is 21.7. The van der Waals surface area contributed by atoms with Crippen LogP contribution in [-0.2, 0) is 19.6 Å². The molecule has 0 aliphatic heterocycles. The van der Waals surface area contributed by atoms with Gasteiger partial charge in [0, 0.05) is 30.3 Å². The van der Waals surface area contributed by atoms with Crippen LogP contribution in [0.4, 0.5) is 4.39 Å². The number of amides is 3. The Bertz CT molecular complexity index is 1280. The van der Waals surface area contributed by atoms with Crippen LogP contribution in [-0.4, -0.2) is 55.7 Å². The Balaban J connectivity index is 1.71. The normalized spacial score (nSPS) is 15.7. The predicted octanol–water partition coefficient (Wildman–Crippen LogP) is 2.79. The molecule has 39 heavy (non-hydrogen) atoms. The van der Waals surface area contributed by atoms with Gasteiger partial charge < -0.3 is 15.7 Å². The minimum Gasteiger partial charge on any atom is -0.384 e. The average Bonchev–Trinajstić information content (AvgIpc) is 2.91. The fourth-order valence-corrected chi connectivity index (χ4v) is 6.23. The number of carbonyl (C=O) groups excluding carboxylic acids is 3. The largest absolute Gasteiger partial charge is 0.384 e. The Kier molecular flexibility index (Phi) is 10.9. The number of aliphatic hydroxyl groups is 1. The topological polar surface area (TPSA) is 142 Å². The zero-order chi connectivity index (χ0) is 28.6. The van der Waals surface area contributed by atoms with E-state index in [1.807, 2.05) is 0 Å². The average molecular weight is 580 g/mol. The summed E-state index contributed by atoms with van der Waals surface area (Å²) >= 11 is 4.61. The molecule has 0 radical (unpaired) electrons. The molecule has 0 aromatic heterocycles. The summed E-state index contributed by atoms with van der Waals surface area (Å²) in [6, 6.07) is 10.4. The van der Waals surface area contributed by atoms with E-state index in [0.29, 0.717) is 18.0 Å². The molecule has 2 aromatic rings. The molecule has 1 aliphatic carbocycles. The number of hydrogen-bond donors (Lipinski definition) is 5. The van der Waals surface area contributed by atoms with E-state index >= 15 is 4.39 Å². The van der Waals surface area contributed by atoms with Gasteiger partial charge in [0.2, 0.25) is 5.91 Å². The van der Waals surface area contributed by atoms with Crippen molar-refractivity contribution < 1.29 is 32.3 Å². The fraction of sp³-hybridized carbons (Fsp3) is 0.444. The molecular formula is C27H34FN3O6S2. The van der Waals surface area contributed by atoms with Crippen molar-refractivity contribution in [3.05, 3.63) is 53.8 Å². The van der Waals surface area contributed by atoms with Gasteiger partial charge in [0.25, 0.3) is 21.8 Å². The number of aliphatic hydroxyl groups excluding tert-OH is 1. The first-order valence-corrected chi connectivity index (χ1v) is 14.9. The highest BCUT2D eigenvalue weighted by molar-refractivity contribution is 7.90. The van der Waals surface area contributed by atoms with E-state index in [-0.39, 0.29) is 29.7 Å². The highest BCUT2D eigenvalue weighted by atomic mass is 32.2. The Hall–Kier alpha value is -2.96. The van der Waals surface area contributed by atoms with Crippen LogP contribution >= 0.6 is 12.6 Å². The lowest BCUT2D eigenvalue weighted by Gasteiger charge is -2.27. The first-order chi connectivity index (χ1) is 18.5. The first-order valence-electron chi connectivity index (χ1n) is 12.9. The summed E-state index contributed by atoms with van der Waals surface area (Å²) in [5.41, 5.74) is -0.317. The molecule has 1 saturated carbocycles. The Morgan fingerprint density at radius 3 is 2.36 bits per heavy atom. The second-order valence-electron chi connectivity index (χ2n) is 9.59. The second-order valence-corrected chi connectivity index (χ2v) is 11.9. The molecule has 0 spiro atoms. The maximum absolute atomic E-state index is 15.6. The van der Waals surface area contributed by atoms with E-state index < -0.39 is 44.2 Å². The third-order valence-electron chi connectivity index (χ3n) is 6.65. The minimum atomic E-state index is -4.81. The first kappa shape index (κ1) is 30.6. The van der Waals surface area contributed by atoms with Crippen LogP contribution in [0, 0.1) is 11.7 Å². The highest BCUT2D eigenvalue weighted by Crippen LogP contribution is 2.32. The van der Waals surface area contributed by atoms with Crippen LogP contribution in [0.1, 0.15) is 55.8 Å². The predicted molar refractivity (Wildman–Crippen MR) is 148 cm³/mol. The SMILES string of the molecule is C[C@H](O)C(=O)NS(=O)(=O)c1c(-c2ccccc2)ccc(C(=O)NCCC(=O)NC[C@H](S)C2CCCCC2)c1F. The van der Waals surface area contributed by atoms with Crippen molar-refractivity contribution in [2.24, 2.45) is 5.92 Å². The second kappa shape index (κ2) is 13.9. The van der Waals surface area contributed by atoms with Crippen LogP contribution in [0.5, 0.6) is 0 Å². The lowest BCUT2D eigenvalue weighted by molar-refractivity contribution is -0.126. The van der Waals surface area contributed by atoms with Crippen LogP contribution < -0.4 is 15.4 Å².